The molecule has 0 aromatic heterocycles. The van der Waals surface area contributed by atoms with Crippen LogP contribution < -0.4 is 26.8 Å². The Morgan fingerprint density at radius 3 is 2.16 bits per heavy atom. The first-order chi connectivity index (χ1) is 27.1. The molecule has 58 heavy (non-hydrogen) atoms. The van der Waals surface area contributed by atoms with E-state index in [1.54, 1.807) is 20.8 Å². The van der Waals surface area contributed by atoms with Crippen molar-refractivity contribution in [3.63, 3.8) is 0 Å². The molecule has 4 saturated heterocycles. The van der Waals surface area contributed by atoms with Crippen LogP contribution >= 0.6 is 0 Å². The standard InChI is InChI=1S/C38H64N8O12/c1-20(2)13-14-25-15-16-38(55,58-24(25)7)37(8,54)36(53)43-29-30(21(3)4)57-35(52)22(5)42-32(49)26-11-9-17-40-44(26)28(47)19-39-31(48)23(6)46(56)33(50)27-12-10-18-41-45(27)34(29)51/h20-27,29-30,40-41,54-56H,9-19H2,1-8H3,(H,39,48)(H,42,49)(H,43,53)/t22-,23-,24?,25?,26-,27-,29?,30?,37?,38?/m0/s1. The first-order valence-electron chi connectivity index (χ1n) is 20.5. The lowest BCUT2D eigenvalue weighted by atomic mass is 9.80. The largest absolute Gasteiger partial charge is 0.458 e. The summed E-state index contributed by atoms with van der Waals surface area (Å²) >= 11 is 0. The average molecular weight is 825 g/mol. The maximum absolute atomic E-state index is 14.7. The topological polar surface area (TPSA) is 269 Å². The smallest absolute Gasteiger partial charge is 0.328 e. The van der Waals surface area contributed by atoms with Crippen LogP contribution in [0.3, 0.4) is 0 Å². The molecule has 0 aliphatic carbocycles. The summed E-state index contributed by atoms with van der Waals surface area (Å²) in [6.07, 6.45) is 1.06. The third-order valence-electron chi connectivity index (χ3n) is 11.7. The molecule has 20 nitrogen and oxygen atoms in total. The maximum Gasteiger partial charge on any atom is 0.328 e. The Labute approximate surface area is 339 Å². The van der Waals surface area contributed by atoms with E-state index in [4.69, 9.17) is 9.47 Å². The van der Waals surface area contributed by atoms with Gasteiger partial charge in [0.15, 0.2) is 5.60 Å². The number of hydroxylamine groups is 2. The van der Waals surface area contributed by atoms with Crippen LogP contribution in [0.5, 0.6) is 0 Å². The molecule has 4 rings (SSSR count). The summed E-state index contributed by atoms with van der Waals surface area (Å²) in [6.45, 7) is 12.6. The minimum absolute atomic E-state index is 0.000508. The van der Waals surface area contributed by atoms with Gasteiger partial charge in [0.1, 0.15) is 36.3 Å². The molecule has 8 N–H and O–H groups in total. The number of fused-ring (bicyclic) bond motifs is 2. The van der Waals surface area contributed by atoms with Crippen LogP contribution in [-0.4, -0.2) is 145 Å². The van der Waals surface area contributed by atoms with E-state index in [9.17, 15) is 49.0 Å². The first kappa shape index (κ1) is 46.7. The Bertz CT molecular complexity index is 1550. The number of hydrogen-bond acceptors (Lipinski definition) is 14. The number of hydrogen-bond donors (Lipinski definition) is 8. The van der Waals surface area contributed by atoms with Crippen LogP contribution in [0.25, 0.3) is 0 Å². The lowest BCUT2D eigenvalue weighted by Gasteiger charge is -2.47. The number of nitrogens with zero attached hydrogens (tertiary/aromatic N) is 3. The molecule has 6 amide bonds. The number of carbonyl (C=O) groups excluding carboxylic acids is 7. The first-order valence-corrected chi connectivity index (χ1v) is 20.5. The van der Waals surface area contributed by atoms with Crippen LogP contribution in [0.15, 0.2) is 0 Å². The van der Waals surface area contributed by atoms with Gasteiger partial charge in [-0.15, -0.1) is 0 Å². The van der Waals surface area contributed by atoms with Gasteiger partial charge in [-0.05, 0) is 84.0 Å². The zero-order chi connectivity index (χ0) is 43.3. The number of carbonyl (C=O) groups is 7. The van der Waals surface area contributed by atoms with Crippen LogP contribution in [-0.2, 0) is 43.0 Å². The number of rotatable bonds is 7. The second-order valence-electron chi connectivity index (χ2n) is 17.0. The molecule has 6 unspecified atom stereocenters. The van der Waals surface area contributed by atoms with Gasteiger partial charge in [-0.2, -0.15) is 0 Å². The number of esters is 1. The van der Waals surface area contributed by atoms with Gasteiger partial charge in [-0.25, -0.2) is 20.7 Å². The summed E-state index contributed by atoms with van der Waals surface area (Å²) in [5.74, 6) is -9.29. The normalized spacial score (nSPS) is 33.8. The van der Waals surface area contributed by atoms with Crippen molar-refractivity contribution in [2.24, 2.45) is 17.8 Å². The molecule has 0 aromatic carbocycles. The van der Waals surface area contributed by atoms with Gasteiger partial charge < -0.3 is 35.6 Å². The molecule has 0 bridgehead atoms. The quantitative estimate of drug-likeness (QED) is 0.113. The monoisotopic (exact) mass is 824 g/mol. The fourth-order valence-electron chi connectivity index (χ4n) is 7.74. The van der Waals surface area contributed by atoms with Gasteiger partial charge in [-0.1, -0.05) is 34.1 Å². The number of nitrogens with one attached hydrogen (secondary N) is 5. The number of cyclic esters (lactones) is 1. The fraction of sp³-hybridized carbons (Fsp3) is 0.816. The average Bonchev–Trinajstić information content (AvgIpc) is 3.18. The van der Waals surface area contributed by atoms with Crippen molar-refractivity contribution in [3.8, 4) is 0 Å². The van der Waals surface area contributed by atoms with Gasteiger partial charge in [0, 0.05) is 19.5 Å². The highest BCUT2D eigenvalue weighted by Gasteiger charge is 2.57. The van der Waals surface area contributed by atoms with Crippen molar-refractivity contribution in [1.29, 1.82) is 0 Å². The Morgan fingerprint density at radius 2 is 1.55 bits per heavy atom. The zero-order valence-corrected chi connectivity index (χ0v) is 34.9. The van der Waals surface area contributed by atoms with Crippen molar-refractivity contribution < 1.29 is 58.5 Å². The van der Waals surface area contributed by atoms with E-state index < -0.39 is 108 Å². The van der Waals surface area contributed by atoms with E-state index in [0.29, 0.717) is 31.7 Å². The molecular weight excluding hydrogens is 760 g/mol. The minimum atomic E-state index is -2.66. The predicted molar refractivity (Wildman–Crippen MR) is 204 cm³/mol. The highest BCUT2D eigenvalue weighted by Crippen LogP contribution is 2.40. The third kappa shape index (κ3) is 10.4. The van der Waals surface area contributed by atoms with Gasteiger partial charge in [0.25, 0.3) is 23.6 Å². The second kappa shape index (κ2) is 19.4. The lowest BCUT2D eigenvalue weighted by molar-refractivity contribution is -0.325. The summed E-state index contributed by atoms with van der Waals surface area (Å²) in [7, 11) is 0. The van der Waals surface area contributed by atoms with Crippen molar-refractivity contribution in [2.75, 3.05) is 19.6 Å². The SMILES string of the molecule is CC(C)CCC1CCC(O)(C(C)(O)C(=O)NC2C(=O)N3NCCC[C@H]3C(=O)N(O)[C@@H](C)C(=O)NCC(=O)N3NCCC[C@H]3C(=O)N[C@@H](C)C(=O)OC2C(C)C)OC1C. The number of hydrazine groups is 2. The second-order valence-corrected chi connectivity index (χ2v) is 17.0. The van der Waals surface area contributed by atoms with E-state index in [2.05, 4.69) is 40.6 Å². The number of ether oxygens (including phenoxy) is 2. The fourth-order valence-corrected chi connectivity index (χ4v) is 7.74. The molecule has 10 atom stereocenters. The molecule has 4 heterocycles. The zero-order valence-electron chi connectivity index (χ0n) is 34.9. The molecule has 4 aliphatic heterocycles. The van der Waals surface area contributed by atoms with Crippen molar-refractivity contribution in [2.45, 2.75) is 161 Å². The molecule has 0 aromatic rings. The molecule has 4 aliphatic rings. The summed E-state index contributed by atoms with van der Waals surface area (Å²) in [4.78, 5) is 96.4. The van der Waals surface area contributed by atoms with Gasteiger partial charge in [-0.3, -0.25) is 44.0 Å². The molecule has 328 valence electrons. The van der Waals surface area contributed by atoms with Gasteiger partial charge >= 0.3 is 5.97 Å². The summed E-state index contributed by atoms with van der Waals surface area (Å²) in [5.41, 5.74) is 3.00. The van der Waals surface area contributed by atoms with Crippen molar-refractivity contribution >= 4 is 41.4 Å². The summed E-state index contributed by atoms with van der Waals surface area (Å²) in [6, 6.07) is -7.25. The van der Waals surface area contributed by atoms with E-state index in [1.807, 2.05) is 0 Å². The Hall–Kier alpha value is -3.95. The van der Waals surface area contributed by atoms with Crippen LogP contribution in [0, 0.1) is 17.8 Å². The number of aliphatic hydroxyl groups is 2. The minimum Gasteiger partial charge on any atom is -0.458 e. The molecular formula is C38H64N8O12. The maximum atomic E-state index is 14.7. The molecule has 4 fully saturated rings. The summed E-state index contributed by atoms with van der Waals surface area (Å²) in [5, 5.41) is 44.0. The van der Waals surface area contributed by atoms with Crippen molar-refractivity contribution in [1.82, 2.24) is 41.9 Å². The van der Waals surface area contributed by atoms with E-state index in [0.717, 1.165) is 29.8 Å². The van der Waals surface area contributed by atoms with E-state index >= 15 is 0 Å². The molecule has 0 saturated carbocycles. The Kier molecular flexibility index (Phi) is 15.6. The molecule has 0 spiro atoms. The van der Waals surface area contributed by atoms with Crippen LogP contribution in [0.2, 0.25) is 0 Å². The lowest BCUT2D eigenvalue weighted by Crippen LogP contribution is -2.70. The Morgan fingerprint density at radius 1 is 0.931 bits per heavy atom. The molecule has 0 radical (unpaired) electrons. The number of amides is 6. The molecule has 20 heteroatoms. The summed E-state index contributed by atoms with van der Waals surface area (Å²) < 4.78 is 11.9. The van der Waals surface area contributed by atoms with Crippen LogP contribution in [0.1, 0.15) is 107 Å². The Balaban J connectivity index is 1.73. The highest BCUT2D eigenvalue weighted by molar-refractivity contribution is 5.97. The van der Waals surface area contributed by atoms with E-state index in [1.165, 1.54) is 13.8 Å². The van der Waals surface area contributed by atoms with Gasteiger partial charge in [0.05, 0.1) is 12.6 Å². The van der Waals surface area contributed by atoms with Crippen molar-refractivity contribution in [3.05, 3.63) is 0 Å². The van der Waals surface area contributed by atoms with Gasteiger partial charge in [0.2, 0.25) is 17.6 Å². The van der Waals surface area contributed by atoms with Crippen LogP contribution in [0.4, 0.5) is 0 Å². The van der Waals surface area contributed by atoms with E-state index in [-0.39, 0.29) is 36.8 Å². The predicted octanol–water partition coefficient (Wildman–Crippen LogP) is -1.04. The third-order valence-corrected chi connectivity index (χ3v) is 11.7. The highest BCUT2D eigenvalue weighted by atomic mass is 16.6.